The number of ether oxygens (including phenoxy) is 2. The van der Waals surface area contributed by atoms with Crippen molar-refractivity contribution in [2.45, 2.75) is 50.9 Å². The Balaban J connectivity index is 1.26. The Morgan fingerprint density at radius 3 is 2.52 bits per heavy atom. The average Bonchev–Trinajstić information content (AvgIpc) is 3.78. The van der Waals surface area contributed by atoms with E-state index in [0.717, 1.165) is 43.4 Å². The molecule has 0 spiro atoms. The molecule has 0 radical (unpaired) electrons. The molecule has 1 amide bonds. The molecule has 8 nitrogen and oxygen atoms in total. The highest BCUT2D eigenvalue weighted by atomic mass is 16.5. The molecule has 1 heterocycles. The lowest BCUT2D eigenvalue weighted by Crippen LogP contribution is -2.26. The molecule has 0 aliphatic heterocycles. The van der Waals surface area contributed by atoms with Crippen molar-refractivity contribution >= 4 is 5.91 Å². The zero-order chi connectivity index (χ0) is 22.8. The first-order chi connectivity index (χ1) is 16.1. The van der Waals surface area contributed by atoms with Crippen molar-refractivity contribution in [2.24, 2.45) is 0 Å². The lowest BCUT2D eigenvalue weighted by Gasteiger charge is -2.20. The monoisotopic (exact) mass is 448 g/mol. The molecule has 2 aliphatic rings. The van der Waals surface area contributed by atoms with Crippen molar-refractivity contribution in [3.63, 3.8) is 0 Å². The van der Waals surface area contributed by atoms with Crippen LogP contribution in [0.25, 0.3) is 11.4 Å². The largest absolute Gasteiger partial charge is 0.497 e. The zero-order valence-electron chi connectivity index (χ0n) is 18.9. The van der Waals surface area contributed by atoms with Gasteiger partial charge in [-0.1, -0.05) is 17.3 Å². The Morgan fingerprint density at radius 1 is 1.06 bits per heavy atom. The number of amides is 1. The fourth-order valence-corrected chi connectivity index (χ4v) is 3.83. The number of hydrogen-bond acceptors (Lipinski definition) is 7. The third-order valence-corrected chi connectivity index (χ3v) is 6.03. The Kier molecular flexibility index (Phi) is 6.00. The molecule has 33 heavy (non-hydrogen) atoms. The highest BCUT2D eigenvalue weighted by Crippen LogP contribution is 2.33. The van der Waals surface area contributed by atoms with Crippen molar-refractivity contribution < 1.29 is 18.8 Å². The van der Waals surface area contributed by atoms with Crippen molar-refractivity contribution in [3.05, 3.63) is 59.5 Å². The van der Waals surface area contributed by atoms with E-state index >= 15 is 0 Å². The summed E-state index contributed by atoms with van der Waals surface area (Å²) in [5, 5.41) is 7.20. The molecule has 0 bridgehead atoms. The first kappa shape index (κ1) is 21.5. The molecule has 2 aromatic carbocycles. The van der Waals surface area contributed by atoms with E-state index < -0.39 is 0 Å². The van der Waals surface area contributed by atoms with Gasteiger partial charge in [0.2, 0.25) is 11.7 Å². The number of benzene rings is 2. The summed E-state index contributed by atoms with van der Waals surface area (Å²) in [6.07, 6.45) is 4.50. The van der Waals surface area contributed by atoms with Gasteiger partial charge in [-0.15, -0.1) is 0 Å². The fraction of sp³-hybridized carbons (Fsp3) is 0.400. The molecule has 1 aromatic heterocycles. The van der Waals surface area contributed by atoms with Gasteiger partial charge in [0, 0.05) is 30.3 Å². The molecule has 0 unspecified atom stereocenters. The van der Waals surface area contributed by atoms with Gasteiger partial charge in [0.05, 0.1) is 26.3 Å². The van der Waals surface area contributed by atoms with Crippen LogP contribution < -0.4 is 14.8 Å². The lowest BCUT2D eigenvalue weighted by atomic mass is 10.1. The van der Waals surface area contributed by atoms with E-state index in [1.165, 1.54) is 0 Å². The van der Waals surface area contributed by atoms with Crippen LogP contribution in [0.2, 0.25) is 0 Å². The minimum atomic E-state index is 0.00967. The van der Waals surface area contributed by atoms with E-state index in [4.69, 9.17) is 14.0 Å². The molecule has 1 N–H and O–H groups in total. The summed E-state index contributed by atoms with van der Waals surface area (Å²) in [7, 11) is 3.22. The summed E-state index contributed by atoms with van der Waals surface area (Å²) in [4.78, 5) is 19.2. The maximum Gasteiger partial charge on any atom is 0.251 e. The van der Waals surface area contributed by atoms with Gasteiger partial charge in [-0.2, -0.15) is 4.98 Å². The topological polar surface area (TPSA) is 89.7 Å². The molecule has 172 valence electrons. The number of methoxy groups -OCH3 is 2. The summed E-state index contributed by atoms with van der Waals surface area (Å²) in [5.74, 6) is 2.40. The molecule has 0 saturated heterocycles. The third-order valence-electron chi connectivity index (χ3n) is 6.03. The first-order valence-corrected chi connectivity index (χ1v) is 11.3. The molecular weight excluding hydrogens is 420 g/mol. The normalized spacial score (nSPS) is 15.5. The third kappa shape index (κ3) is 5.17. The minimum Gasteiger partial charge on any atom is -0.497 e. The SMILES string of the molecule is COc1ccc(-c2noc(CN(Cc3ccc(C(=O)NC4CC4)cc3)C3CC3)n2)c(OC)c1. The molecular formula is C25H28N4O4. The quantitative estimate of drug-likeness (QED) is 0.504. The number of carbonyl (C=O) groups is 1. The van der Waals surface area contributed by atoms with Gasteiger partial charge in [0.1, 0.15) is 11.5 Å². The van der Waals surface area contributed by atoms with Gasteiger partial charge in [-0.05, 0) is 55.5 Å². The van der Waals surface area contributed by atoms with Crippen molar-refractivity contribution in [1.29, 1.82) is 0 Å². The van der Waals surface area contributed by atoms with E-state index in [2.05, 4.69) is 20.4 Å². The molecule has 2 fully saturated rings. The maximum absolute atomic E-state index is 12.2. The number of nitrogens with zero attached hydrogens (tertiary/aromatic N) is 3. The fourth-order valence-electron chi connectivity index (χ4n) is 3.83. The van der Waals surface area contributed by atoms with Crippen molar-refractivity contribution in [2.75, 3.05) is 14.2 Å². The molecule has 2 saturated carbocycles. The smallest absolute Gasteiger partial charge is 0.251 e. The van der Waals surface area contributed by atoms with E-state index in [1.54, 1.807) is 20.3 Å². The van der Waals surface area contributed by atoms with Crippen LogP contribution in [-0.2, 0) is 13.1 Å². The molecule has 3 aromatic rings. The number of aromatic nitrogens is 2. The summed E-state index contributed by atoms with van der Waals surface area (Å²) < 4.78 is 16.3. The highest BCUT2D eigenvalue weighted by molar-refractivity contribution is 5.94. The van der Waals surface area contributed by atoms with E-state index in [1.807, 2.05) is 36.4 Å². The van der Waals surface area contributed by atoms with Gasteiger partial charge in [0.25, 0.3) is 5.91 Å². The Morgan fingerprint density at radius 2 is 1.85 bits per heavy atom. The van der Waals surface area contributed by atoms with Crippen LogP contribution in [0.1, 0.15) is 47.5 Å². The average molecular weight is 449 g/mol. The number of nitrogens with one attached hydrogen (secondary N) is 1. The van der Waals surface area contributed by atoms with E-state index in [9.17, 15) is 4.79 Å². The van der Waals surface area contributed by atoms with Gasteiger partial charge in [-0.25, -0.2) is 0 Å². The number of rotatable bonds is 10. The second kappa shape index (κ2) is 9.23. The summed E-state index contributed by atoms with van der Waals surface area (Å²) in [6, 6.07) is 14.2. The van der Waals surface area contributed by atoms with Crippen LogP contribution in [0.4, 0.5) is 0 Å². The zero-order valence-corrected chi connectivity index (χ0v) is 18.9. The second-order valence-corrected chi connectivity index (χ2v) is 8.66. The van der Waals surface area contributed by atoms with Crippen LogP contribution in [0.5, 0.6) is 11.5 Å². The predicted octanol–water partition coefficient (Wildman–Crippen LogP) is 3.81. The van der Waals surface area contributed by atoms with Gasteiger partial charge in [0.15, 0.2) is 0 Å². The number of hydrogen-bond donors (Lipinski definition) is 1. The van der Waals surface area contributed by atoms with Gasteiger partial charge in [-0.3, -0.25) is 9.69 Å². The van der Waals surface area contributed by atoms with Crippen LogP contribution in [0, 0.1) is 0 Å². The van der Waals surface area contributed by atoms with Crippen LogP contribution >= 0.6 is 0 Å². The molecule has 5 rings (SSSR count). The summed E-state index contributed by atoms with van der Waals surface area (Å²) in [5.41, 5.74) is 2.62. The number of carbonyl (C=O) groups excluding carboxylic acids is 1. The van der Waals surface area contributed by atoms with Gasteiger partial charge >= 0.3 is 0 Å². The standard InChI is InChI=1S/C25H28N4O4/c1-31-20-11-12-21(22(13-20)32-2)24-27-23(33-28-24)15-29(19-9-10-19)14-16-3-5-17(6-4-16)25(30)26-18-7-8-18/h3-6,11-13,18-19H,7-10,14-15H2,1-2H3,(H,26,30). The minimum absolute atomic E-state index is 0.00967. The second-order valence-electron chi connectivity index (χ2n) is 8.66. The van der Waals surface area contributed by atoms with E-state index in [0.29, 0.717) is 47.4 Å². The van der Waals surface area contributed by atoms with E-state index in [-0.39, 0.29) is 5.91 Å². The summed E-state index contributed by atoms with van der Waals surface area (Å²) in [6.45, 7) is 1.33. The maximum atomic E-state index is 12.2. The Bertz CT molecular complexity index is 1120. The van der Waals surface area contributed by atoms with Crippen LogP contribution in [0.3, 0.4) is 0 Å². The molecule has 2 aliphatic carbocycles. The van der Waals surface area contributed by atoms with Crippen molar-refractivity contribution in [1.82, 2.24) is 20.4 Å². The van der Waals surface area contributed by atoms with Crippen LogP contribution in [0.15, 0.2) is 47.0 Å². The summed E-state index contributed by atoms with van der Waals surface area (Å²) >= 11 is 0. The highest BCUT2D eigenvalue weighted by Gasteiger charge is 2.30. The molecule has 8 heteroatoms. The van der Waals surface area contributed by atoms with Gasteiger partial charge < -0.3 is 19.3 Å². The predicted molar refractivity (Wildman–Crippen MR) is 122 cm³/mol. The lowest BCUT2D eigenvalue weighted by molar-refractivity contribution is 0.0951. The Labute approximate surface area is 192 Å². The van der Waals surface area contributed by atoms with Crippen LogP contribution in [-0.4, -0.2) is 47.3 Å². The first-order valence-electron chi connectivity index (χ1n) is 11.3. The Hall–Kier alpha value is -3.39. The molecule has 0 atom stereocenters. The van der Waals surface area contributed by atoms with Crippen molar-refractivity contribution in [3.8, 4) is 22.9 Å².